The van der Waals surface area contributed by atoms with Crippen LogP contribution in [0.4, 0.5) is 0 Å². The molecule has 4 aliphatic rings. The fourth-order valence-corrected chi connectivity index (χ4v) is 14.5. The summed E-state index contributed by atoms with van der Waals surface area (Å²) in [5.74, 6) is 4.77. The van der Waals surface area contributed by atoms with Crippen LogP contribution in [0.15, 0.2) is 42.5 Å². The molecule has 0 bridgehead atoms. The van der Waals surface area contributed by atoms with Crippen LogP contribution in [-0.2, 0) is 4.74 Å². The third-order valence-electron chi connectivity index (χ3n) is 13.3. The Labute approximate surface area is 256 Å². The van der Waals surface area contributed by atoms with Gasteiger partial charge in [-0.1, -0.05) is 0 Å². The van der Waals surface area contributed by atoms with Crippen LogP contribution in [0.2, 0.25) is 4.82 Å². The van der Waals surface area contributed by atoms with Crippen molar-refractivity contribution in [2.75, 3.05) is 7.11 Å². The van der Waals surface area contributed by atoms with Crippen molar-refractivity contribution in [3.05, 3.63) is 42.5 Å². The molecule has 2 nitrogen and oxygen atoms in total. The van der Waals surface area contributed by atoms with Crippen LogP contribution < -0.4 is 4.46 Å². The molecule has 0 saturated heterocycles. The van der Waals surface area contributed by atoms with Gasteiger partial charge in [0.2, 0.25) is 0 Å². The fourth-order valence-electron chi connectivity index (χ4n) is 11.0. The number of ether oxygens (including phenoxy) is 1. The van der Waals surface area contributed by atoms with Crippen molar-refractivity contribution in [3.63, 3.8) is 0 Å². The van der Waals surface area contributed by atoms with E-state index in [0.29, 0.717) is 16.1 Å². The molecule has 0 aromatic heterocycles. The topological polar surface area (TPSA) is 29.5 Å². The quantitative estimate of drug-likeness (QED) is 0.298. The van der Waals surface area contributed by atoms with Gasteiger partial charge in [0.25, 0.3) is 0 Å². The van der Waals surface area contributed by atoms with Crippen molar-refractivity contribution < 1.29 is 9.84 Å². The molecule has 1 N–H and O–H groups in total. The van der Waals surface area contributed by atoms with E-state index in [-0.39, 0.29) is 26.5 Å². The molecule has 4 aliphatic carbocycles. The van der Waals surface area contributed by atoms with Crippen molar-refractivity contribution >= 4 is 30.2 Å². The molecule has 226 valence electrons. The molecule has 0 unspecified atom stereocenters. The van der Waals surface area contributed by atoms with Gasteiger partial charge in [0.15, 0.2) is 0 Å². The van der Waals surface area contributed by atoms with Crippen molar-refractivity contribution in [1.82, 2.24) is 0 Å². The molecular weight excluding hydrogens is 567 g/mol. The minimum absolute atomic E-state index is 0.00968. The summed E-state index contributed by atoms with van der Waals surface area (Å²) < 4.78 is 7.46. The molecule has 6 rings (SSSR count). The summed E-state index contributed by atoms with van der Waals surface area (Å²) in [6, 6.07) is 15.8. The van der Waals surface area contributed by atoms with Crippen LogP contribution in [0.25, 0.3) is 10.8 Å². The summed E-state index contributed by atoms with van der Waals surface area (Å²) in [7, 11) is 1.86. The van der Waals surface area contributed by atoms with Crippen molar-refractivity contribution in [3.8, 4) is 0 Å². The molecule has 0 aliphatic heterocycles. The van der Waals surface area contributed by atoms with E-state index in [1.165, 1.54) is 66.6 Å². The van der Waals surface area contributed by atoms with Crippen LogP contribution in [-0.4, -0.2) is 38.9 Å². The number of hydrogen-bond donors (Lipinski definition) is 1. The Kier molecular flexibility index (Phi) is 8.52. The van der Waals surface area contributed by atoms with Gasteiger partial charge in [0.05, 0.1) is 0 Å². The standard InChI is InChI=1S/C38H56O2Se/c1-25(2)11-9-12-26(3)31-17-18-32-30-23-35(41-34-16-10-14-27-13-7-8-15-29(27)34)38(39)24-28(40-6)19-22-37(38,5)33(30)20-21-36(31,32)4/h7-8,10,13-16,25-26,28,30-33,35,39H,9,11-12,17-24H2,1-6H3/t26-,28+,30+,31-,32+,33+,35-,36-,37-,38+/m1/s1. The summed E-state index contributed by atoms with van der Waals surface area (Å²) in [4.78, 5) is 0.342. The number of hydrogen-bond acceptors (Lipinski definition) is 2. The molecule has 2 aromatic rings. The van der Waals surface area contributed by atoms with Crippen LogP contribution >= 0.6 is 0 Å². The first-order valence-corrected chi connectivity index (χ1v) is 18.8. The maximum atomic E-state index is 13.0. The van der Waals surface area contributed by atoms with Gasteiger partial charge >= 0.3 is 258 Å². The van der Waals surface area contributed by atoms with Crippen LogP contribution in [0, 0.1) is 46.3 Å². The second kappa shape index (κ2) is 11.6. The maximum absolute atomic E-state index is 13.0. The Hall–Kier alpha value is -0.861. The molecule has 3 heteroatoms. The molecule has 4 saturated carbocycles. The first kappa shape index (κ1) is 30.2. The normalized spacial score (nSPS) is 41.2. The second-order valence-electron chi connectivity index (χ2n) is 15.7. The predicted molar refractivity (Wildman–Crippen MR) is 174 cm³/mol. The van der Waals surface area contributed by atoms with E-state index in [4.69, 9.17) is 4.74 Å². The number of aliphatic hydroxyl groups is 1. The van der Waals surface area contributed by atoms with Gasteiger partial charge in [-0.05, 0) is 0 Å². The Morgan fingerprint density at radius 1 is 0.927 bits per heavy atom. The minimum atomic E-state index is -0.639. The fraction of sp³-hybridized carbons (Fsp3) is 0.737. The van der Waals surface area contributed by atoms with Gasteiger partial charge < -0.3 is 0 Å². The summed E-state index contributed by atoms with van der Waals surface area (Å²) in [5, 5.41) is 15.7. The van der Waals surface area contributed by atoms with E-state index in [1.54, 1.807) is 0 Å². The molecule has 41 heavy (non-hydrogen) atoms. The van der Waals surface area contributed by atoms with Gasteiger partial charge in [-0.3, -0.25) is 0 Å². The third kappa shape index (κ3) is 5.08. The first-order chi connectivity index (χ1) is 19.6. The zero-order valence-corrected chi connectivity index (χ0v) is 28.4. The number of benzene rings is 2. The average Bonchev–Trinajstić information content (AvgIpc) is 3.31. The van der Waals surface area contributed by atoms with Gasteiger partial charge in [0, 0.05) is 0 Å². The third-order valence-corrected chi connectivity index (χ3v) is 16.4. The van der Waals surface area contributed by atoms with Gasteiger partial charge in [-0.15, -0.1) is 0 Å². The zero-order valence-electron chi connectivity index (χ0n) is 26.7. The van der Waals surface area contributed by atoms with E-state index in [2.05, 4.69) is 77.1 Å². The molecule has 4 fully saturated rings. The van der Waals surface area contributed by atoms with Crippen molar-refractivity contribution in [2.45, 2.75) is 122 Å². The molecule has 0 spiro atoms. The first-order valence-electron chi connectivity index (χ1n) is 17.0. The van der Waals surface area contributed by atoms with Crippen LogP contribution in [0.5, 0.6) is 0 Å². The van der Waals surface area contributed by atoms with E-state index in [1.807, 2.05) is 7.11 Å². The van der Waals surface area contributed by atoms with Gasteiger partial charge in [0.1, 0.15) is 0 Å². The average molecular weight is 624 g/mol. The summed E-state index contributed by atoms with van der Waals surface area (Å²) >= 11 is 0.216. The Balaban J connectivity index is 1.32. The molecule has 10 atom stereocenters. The van der Waals surface area contributed by atoms with Crippen LogP contribution in [0.3, 0.4) is 0 Å². The Bertz CT molecular complexity index is 1200. The molecule has 0 radical (unpaired) electrons. The van der Waals surface area contributed by atoms with Crippen LogP contribution in [0.1, 0.15) is 105 Å². The second-order valence-corrected chi connectivity index (χ2v) is 18.3. The summed E-state index contributed by atoms with van der Waals surface area (Å²) in [6.07, 6.45) is 14.1. The van der Waals surface area contributed by atoms with E-state index in [9.17, 15) is 5.11 Å². The van der Waals surface area contributed by atoms with E-state index >= 15 is 0 Å². The molecule has 2 aromatic carbocycles. The van der Waals surface area contributed by atoms with Crippen molar-refractivity contribution in [2.24, 2.45) is 46.3 Å². The van der Waals surface area contributed by atoms with Gasteiger partial charge in [-0.25, -0.2) is 0 Å². The number of rotatable bonds is 8. The molecule has 0 amide bonds. The SMILES string of the molecule is CO[C@H]1CC[C@]2(C)[C@H]3CC[C@]4(C)[C@@H]([C@H](C)CCCC(C)C)CC[C@H]4[C@@H]3C[C@@H]([Se]c3cccc4ccccc34)[C@@]2(O)C1. The van der Waals surface area contributed by atoms with Crippen molar-refractivity contribution in [1.29, 1.82) is 0 Å². The number of methoxy groups -OCH3 is 1. The Morgan fingerprint density at radius 2 is 1.71 bits per heavy atom. The summed E-state index contributed by atoms with van der Waals surface area (Å²) in [6.45, 7) is 12.6. The summed E-state index contributed by atoms with van der Waals surface area (Å²) in [5.41, 5.74) is -0.172. The van der Waals surface area contributed by atoms with Gasteiger partial charge in [-0.2, -0.15) is 0 Å². The van der Waals surface area contributed by atoms with E-state index < -0.39 is 5.60 Å². The zero-order chi connectivity index (χ0) is 29.0. The predicted octanol–water partition coefficient (Wildman–Crippen LogP) is 8.82. The molecular formula is C38H56O2Se. The monoisotopic (exact) mass is 624 g/mol. The molecule has 0 heterocycles. The number of fused-ring (bicyclic) bond motifs is 6. The Morgan fingerprint density at radius 3 is 2.49 bits per heavy atom. The van der Waals surface area contributed by atoms with E-state index in [0.717, 1.165) is 48.9 Å².